The molecule has 20 heavy (non-hydrogen) atoms. The molecule has 0 unspecified atom stereocenters. The van der Waals surface area contributed by atoms with Crippen molar-refractivity contribution in [2.24, 2.45) is 6.98 Å². The van der Waals surface area contributed by atoms with E-state index in [0.717, 1.165) is 11.3 Å². The third-order valence-electron chi connectivity index (χ3n) is 3.79. The highest BCUT2D eigenvalue weighted by Crippen LogP contribution is 2.33. The van der Waals surface area contributed by atoms with Crippen molar-refractivity contribution < 1.29 is 13.1 Å². The predicted molar refractivity (Wildman–Crippen MR) is 73.0 cm³/mol. The third-order valence-corrected chi connectivity index (χ3v) is 3.79. The molecular formula is C15H11N4O+. The van der Waals surface area contributed by atoms with Crippen molar-refractivity contribution >= 4 is 22.3 Å². The molecule has 0 radical (unpaired) electrons. The lowest BCUT2D eigenvalue weighted by Crippen LogP contribution is -2.30. The molecule has 5 rings (SSSR count). The van der Waals surface area contributed by atoms with Crippen LogP contribution in [-0.2, 0) is 13.5 Å². The largest absolute Gasteiger partial charge is 0.385 e. The van der Waals surface area contributed by atoms with Crippen LogP contribution >= 0.6 is 0 Å². The van der Waals surface area contributed by atoms with Crippen molar-refractivity contribution in [3.05, 3.63) is 42.4 Å². The van der Waals surface area contributed by atoms with Gasteiger partial charge in [-0.2, -0.15) is 0 Å². The van der Waals surface area contributed by atoms with Crippen molar-refractivity contribution in [1.82, 2.24) is 14.5 Å². The smallest absolute Gasteiger partial charge is 0.380 e. The Morgan fingerprint density at radius 3 is 3.15 bits per heavy atom. The minimum atomic E-state index is -2.34. The van der Waals surface area contributed by atoms with E-state index in [1.807, 2.05) is 16.7 Å². The van der Waals surface area contributed by atoms with Gasteiger partial charge in [-0.25, -0.2) is 4.98 Å². The molecule has 1 aliphatic heterocycles. The summed E-state index contributed by atoms with van der Waals surface area (Å²) in [4.78, 5) is 8.75. The molecule has 0 atom stereocenters. The van der Waals surface area contributed by atoms with Gasteiger partial charge in [0.15, 0.2) is 12.1 Å². The first kappa shape index (κ1) is 7.79. The van der Waals surface area contributed by atoms with Gasteiger partial charge in [-0.15, -0.1) is 4.57 Å². The molecule has 0 fully saturated rings. The summed E-state index contributed by atoms with van der Waals surface area (Å²) in [7, 11) is 0. The minimum absolute atomic E-state index is 0.322. The van der Waals surface area contributed by atoms with Crippen LogP contribution in [0.5, 0.6) is 0 Å². The van der Waals surface area contributed by atoms with Gasteiger partial charge in [-0.1, -0.05) is 0 Å². The highest BCUT2D eigenvalue weighted by Gasteiger charge is 2.37. The summed E-state index contributed by atoms with van der Waals surface area (Å²) in [6.07, 6.45) is 3.40. The van der Waals surface area contributed by atoms with Crippen LogP contribution in [-0.4, -0.2) is 14.5 Å². The summed E-state index contributed by atoms with van der Waals surface area (Å²) in [6.45, 7) is -1.79. The van der Waals surface area contributed by atoms with Gasteiger partial charge in [0.05, 0.1) is 5.52 Å². The fraction of sp³-hybridized carbons (Fsp3) is 0.133. The average molecular weight is 266 g/mol. The second-order valence-corrected chi connectivity index (χ2v) is 4.85. The number of aryl methyl sites for hydroxylation is 1. The van der Waals surface area contributed by atoms with Crippen LogP contribution in [0.4, 0.5) is 0 Å². The zero-order valence-electron chi connectivity index (χ0n) is 13.4. The first-order valence-electron chi connectivity index (χ1n) is 7.82. The van der Waals surface area contributed by atoms with E-state index in [1.54, 1.807) is 24.5 Å². The van der Waals surface area contributed by atoms with E-state index in [0.29, 0.717) is 34.7 Å². The zero-order valence-corrected chi connectivity index (χ0v) is 10.4. The molecule has 0 aromatic carbocycles. The maximum atomic E-state index is 7.84. The number of nitrogens with zero attached hydrogens (tertiary/aromatic N) is 4. The maximum Gasteiger partial charge on any atom is 0.385 e. The van der Waals surface area contributed by atoms with Gasteiger partial charge in [0.2, 0.25) is 0 Å². The van der Waals surface area contributed by atoms with Crippen LogP contribution in [0.15, 0.2) is 41.1 Å². The van der Waals surface area contributed by atoms with Crippen molar-refractivity contribution in [3.63, 3.8) is 0 Å². The molecule has 5 heterocycles. The Bertz CT molecular complexity index is 1090. The monoisotopic (exact) mass is 266 g/mol. The molecule has 5 nitrogen and oxygen atoms in total. The Labute approximate surface area is 118 Å². The summed E-state index contributed by atoms with van der Waals surface area (Å²) >= 11 is 0. The van der Waals surface area contributed by atoms with Crippen molar-refractivity contribution in [2.75, 3.05) is 0 Å². The first-order valence-corrected chi connectivity index (χ1v) is 6.32. The van der Waals surface area contributed by atoms with Crippen LogP contribution in [0.25, 0.3) is 33.7 Å². The third kappa shape index (κ3) is 1.02. The van der Waals surface area contributed by atoms with Gasteiger partial charge < -0.3 is 8.98 Å². The van der Waals surface area contributed by atoms with Crippen LogP contribution in [0, 0.1) is 0 Å². The van der Waals surface area contributed by atoms with E-state index in [-0.39, 0.29) is 0 Å². The Balaban J connectivity index is 1.96. The van der Waals surface area contributed by atoms with E-state index in [1.165, 1.54) is 4.57 Å². The van der Waals surface area contributed by atoms with E-state index in [4.69, 9.17) is 8.53 Å². The number of oxazole rings is 1. The van der Waals surface area contributed by atoms with Gasteiger partial charge in [0.25, 0.3) is 11.2 Å². The van der Waals surface area contributed by atoms with E-state index < -0.39 is 6.98 Å². The molecule has 96 valence electrons. The number of aromatic nitrogens is 4. The van der Waals surface area contributed by atoms with Crippen LogP contribution in [0.3, 0.4) is 0 Å². The maximum absolute atomic E-state index is 7.84. The molecule has 0 amide bonds. The fourth-order valence-corrected chi connectivity index (χ4v) is 2.92. The Morgan fingerprint density at radius 1 is 1.30 bits per heavy atom. The minimum Gasteiger partial charge on any atom is -0.380 e. The zero-order chi connectivity index (χ0) is 15.8. The van der Waals surface area contributed by atoms with Crippen LogP contribution < -0.4 is 4.57 Å². The highest BCUT2D eigenvalue weighted by atomic mass is 16.4. The molecule has 0 spiro atoms. The number of hydrogen-bond donors (Lipinski definition) is 0. The van der Waals surface area contributed by atoms with Crippen molar-refractivity contribution in [2.45, 2.75) is 6.54 Å². The SMILES string of the molecule is [2H]C([2H])([2H])n1c2cccnc2c2c1oc1[n+]2Cc2ncccc2-1. The van der Waals surface area contributed by atoms with Gasteiger partial charge in [0.1, 0.15) is 11.3 Å². The Kier molecular flexibility index (Phi) is 1.27. The normalized spacial score (nSPS) is 15.9. The molecular weight excluding hydrogens is 252 g/mol. The summed E-state index contributed by atoms with van der Waals surface area (Å²) in [5.74, 6) is 0.628. The van der Waals surface area contributed by atoms with Crippen molar-refractivity contribution in [3.8, 4) is 11.5 Å². The lowest BCUT2D eigenvalue weighted by Gasteiger charge is -1.93. The molecule has 5 heteroatoms. The summed E-state index contributed by atoms with van der Waals surface area (Å²) < 4.78 is 32.7. The summed E-state index contributed by atoms with van der Waals surface area (Å²) in [5, 5.41) is 0. The number of hydrogen-bond acceptors (Lipinski definition) is 3. The highest BCUT2D eigenvalue weighted by molar-refractivity contribution is 5.99. The second-order valence-electron chi connectivity index (χ2n) is 4.85. The van der Waals surface area contributed by atoms with E-state index >= 15 is 0 Å². The van der Waals surface area contributed by atoms with Gasteiger partial charge in [-0.05, 0) is 24.3 Å². The molecule has 0 bridgehead atoms. The quantitative estimate of drug-likeness (QED) is 0.403. The predicted octanol–water partition coefficient (Wildman–Crippen LogP) is 2.03. The molecule has 0 saturated carbocycles. The van der Waals surface area contributed by atoms with Crippen LogP contribution in [0.1, 0.15) is 9.81 Å². The van der Waals surface area contributed by atoms with Crippen molar-refractivity contribution in [1.29, 1.82) is 0 Å². The molecule has 4 aromatic rings. The fourth-order valence-electron chi connectivity index (χ4n) is 2.92. The summed E-state index contributed by atoms with van der Waals surface area (Å²) in [6, 6.07) is 7.25. The van der Waals surface area contributed by atoms with Gasteiger partial charge >= 0.3 is 5.89 Å². The second kappa shape index (κ2) is 3.25. The molecule has 0 saturated heterocycles. The molecule has 0 N–H and O–H groups in total. The van der Waals surface area contributed by atoms with E-state index in [9.17, 15) is 0 Å². The Hall–Kier alpha value is -2.69. The number of fused-ring (bicyclic) bond motifs is 7. The van der Waals surface area contributed by atoms with Gasteiger partial charge in [0, 0.05) is 23.5 Å². The lowest BCUT2D eigenvalue weighted by atomic mass is 10.2. The van der Waals surface area contributed by atoms with Crippen LogP contribution in [0.2, 0.25) is 0 Å². The average Bonchev–Trinajstić information content (AvgIpc) is 3.12. The van der Waals surface area contributed by atoms with Gasteiger partial charge in [-0.3, -0.25) is 4.98 Å². The van der Waals surface area contributed by atoms with E-state index in [2.05, 4.69) is 9.97 Å². The standard InChI is InChI=1S/C15H11N4O/c1-18-11-5-3-7-17-12(11)13-15(18)20-14-9-4-2-6-16-10(9)8-19(13)14/h2-7H,8H2,1H3/q+1/i1D3. The summed E-state index contributed by atoms with van der Waals surface area (Å²) in [5.41, 5.74) is 4.00. The topological polar surface area (TPSA) is 47.7 Å². The molecule has 0 aliphatic carbocycles. The molecule has 4 aromatic heterocycles. The lowest BCUT2D eigenvalue weighted by molar-refractivity contribution is -0.649. The first-order chi connectivity index (χ1) is 11.1. The molecule has 1 aliphatic rings. The Morgan fingerprint density at radius 2 is 2.20 bits per heavy atom. The number of pyridine rings is 2. The number of rotatable bonds is 0.